The second kappa shape index (κ2) is 10.7. The molecule has 1 heterocycles. The van der Waals surface area contributed by atoms with Crippen LogP contribution in [0.4, 0.5) is 0 Å². The number of hydrogen-bond donors (Lipinski definition) is 7. The monoisotopic (exact) mass is 534 g/mol. The molecule has 0 amide bonds. The Morgan fingerprint density at radius 1 is 1.11 bits per heavy atom. The van der Waals surface area contributed by atoms with Crippen molar-refractivity contribution in [2.75, 3.05) is 6.61 Å². The number of phenols is 2. The highest BCUT2D eigenvalue weighted by Crippen LogP contribution is 2.46. The number of ether oxygens (including phenoxy) is 2. The molecule has 11 heteroatoms. The molecule has 0 unspecified atom stereocenters. The van der Waals surface area contributed by atoms with Gasteiger partial charge in [-0.05, 0) is 38.3 Å². The number of aromatic hydroxyl groups is 2. The maximum absolute atomic E-state index is 12.2. The summed E-state index contributed by atoms with van der Waals surface area (Å²) in [6, 6.07) is 2.12. The van der Waals surface area contributed by atoms with E-state index in [-0.39, 0.29) is 45.6 Å². The second-order valence-electron chi connectivity index (χ2n) is 10.4. The van der Waals surface area contributed by atoms with Gasteiger partial charge in [0.05, 0.1) is 23.1 Å². The van der Waals surface area contributed by atoms with Crippen molar-refractivity contribution >= 4 is 22.5 Å². The van der Waals surface area contributed by atoms with Crippen LogP contribution >= 0.6 is 0 Å². The van der Waals surface area contributed by atoms with E-state index in [4.69, 9.17) is 9.47 Å². The van der Waals surface area contributed by atoms with Crippen LogP contribution in [0.25, 0.3) is 10.8 Å². The standard InChI is InChI=1S/C27H34O11/c1-12-19(13(2)29)22(31)20-16(21(12)30)8-15(25(34)35)9-17(20)37-26-23(32)24(33)27(36,18(11-28)38-26)10-14-6-4-3-5-7-14/h8-9,14,18,23-24,26,28,30-33,36H,3-7,10-11H2,1-2H3,(H,34,35)/t18-,23-,24-,26-,27-/m1/s1. The van der Waals surface area contributed by atoms with E-state index in [2.05, 4.69) is 0 Å². The molecule has 2 aromatic carbocycles. The van der Waals surface area contributed by atoms with Gasteiger partial charge >= 0.3 is 5.97 Å². The molecule has 7 N–H and O–H groups in total. The summed E-state index contributed by atoms with van der Waals surface area (Å²) in [4.78, 5) is 24.0. The van der Waals surface area contributed by atoms with Crippen molar-refractivity contribution in [1.29, 1.82) is 0 Å². The van der Waals surface area contributed by atoms with Crippen LogP contribution < -0.4 is 4.74 Å². The molecule has 0 aromatic heterocycles. The molecule has 0 bridgehead atoms. The van der Waals surface area contributed by atoms with Crippen molar-refractivity contribution in [3.05, 3.63) is 28.8 Å². The lowest BCUT2D eigenvalue weighted by molar-refractivity contribution is -0.317. The Morgan fingerprint density at radius 2 is 1.76 bits per heavy atom. The number of rotatable bonds is 7. The highest BCUT2D eigenvalue weighted by molar-refractivity contribution is 6.11. The number of aromatic carboxylic acids is 1. The van der Waals surface area contributed by atoms with E-state index in [1.165, 1.54) is 13.8 Å². The number of phenolic OH excluding ortho intramolecular Hbond substituents is 2. The number of carboxylic acids is 1. The Balaban J connectivity index is 1.76. The molecular formula is C27H34O11. The van der Waals surface area contributed by atoms with Gasteiger partial charge in [-0.1, -0.05) is 32.1 Å². The molecule has 1 saturated heterocycles. The molecule has 208 valence electrons. The fourth-order valence-corrected chi connectivity index (χ4v) is 5.84. The first-order chi connectivity index (χ1) is 17.9. The van der Waals surface area contributed by atoms with Gasteiger partial charge in [-0.25, -0.2) is 4.79 Å². The highest BCUT2D eigenvalue weighted by Gasteiger charge is 2.56. The maximum atomic E-state index is 12.2. The van der Waals surface area contributed by atoms with Crippen LogP contribution in [0.15, 0.2) is 12.1 Å². The number of carbonyl (C=O) groups excluding carboxylic acids is 1. The second-order valence-corrected chi connectivity index (χ2v) is 10.4. The van der Waals surface area contributed by atoms with Crippen molar-refractivity contribution in [2.24, 2.45) is 5.92 Å². The van der Waals surface area contributed by atoms with Crippen LogP contribution in [0.3, 0.4) is 0 Å². The molecule has 2 aliphatic rings. The van der Waals surface area contributed by atoms with Gasteiger partial charge in [0.2, 0.25) is 6.29 Å². The van der Waals surface area contributed by atoms with Crippen LogP contribution in [-0.2, 0) is 4.74 Å². The van der Waals surface area contributed by atoms with Crippen LogP contribution in [0.5, 0.6) is 17.2 Å². The predicted octanol–water partition coefficient (Wildman–Crippen LogP) is 1.98. The summed E-state index contributed by atoms with van der Waals surface area (Å²) in [6.07, 6.45) is -1.89. The number of aliphatic hydroxyl groups is 4. The minimum atomic E-state index is -1.97. The summed E-state index contributed by atoms with van der Waals surface area (Å²) < 4.78 is 11.5. The molecule has 5 atom stereocenters. The zero-order valence-corrected chi connectivity index (χ0v) is 21.3. The first kappa shape index (κ1) is 28.1. The van der Waals surface area contributed by atoms with Crippen molar-refractivity contribution in [2.45, 2.75) is 82.6 Å². The normalized spacial score (nSPS) is 28.4. The molecule has 0 radical (unpaired) electrons. The summed E-state index contributed by atoms with van der Waals surface area (Å²) in [5, 5.41) is 74.3. The zero-order chi connectivity index (χ0) is 27.9. The van der Waals surface area contributed by atoms with Crippen molar-refractivity contribution in [3.8, 4) is 17.2 Å². The summed E-state index contributed by atoms with van der Waals surface area (Å²) >= 11 is 0. The number of benzene rings is 2. The molecule has 2 fully saturated rings. The van der Waals surface area contributed by atoms with Gasteiger partial charge in [0.25, 0.3) is 0 Å². The lowest BCUT2D eigenvalue weighted by Crippen LogP contribution is -2.68. The van der Waals surface area contributed by atoms with E-state index in [0.29, 0.717) is 0 Å². The van der Waals surface area contributed by atoms with E-state index in [1.807, 2.05) is 0 Å². The van der Waals surface area contributed by atoms with Crippen molar-refractivity contribution < 1.29 is 54.8 Å². The average Bonchev–Trinajstić information content (AvgIpc) is 2.87. The summed E-state index contributed by atoms with van der Waals surface area (Å²) in [6.45, 7) is 1.87. The minimum Gasteiger partial charge on any atom is -0.507 e. The van der Waals surface area contributed by atoms with Gasteiger partial charge in [-0.3, -0.25) is 4.79 Å². The Kier molecular flexibility index (Phi) is 7.87. The van der Waals surface area contributed by atoms with Crippen molar-refractivity contribution in [1.82, 2.24) is 0 Å². The molecule has 11 nitrogen and oxygen atoms in total. The Labute approximate surface area is 218 Å². The third-order valence-electron chi connectivity index (χ3n) is 7.88. The van der Waals surface area contributed by atoms with Gasteiger partial charge in [-0.2, -0.15) is 0 Å². The van der Waals surface area contributed by atoms with E-state index < -0.39 is 60.1 Å². The topological polar surface area (TPSA) is 194 Å². The van der Waals surface area contributed by atoms with Gasteiger partial charge in [-0.15, -0.1) is 0 Å². The number of aliphatic hydroxyl groups excluding tert-OH is 3. The number of carboxylic acid groups (broad SMARTS) is 1. The Morgan fingerprint density at radius 3 is 2.34 bits per heavy atom. The highest BCUT2D eigenvalue weighted by atomic mass is 16.7. The molecule has 1 aliphatic heterocycles. The SMILES string of the molecule is CC(=O)c1c(C)c(O)c2cc(C(=O)O)cc(O[C@@H]3O[C@H](CO)[C@](O)(CC4CCCCC4)[C@H](O)[C@H]3O)c2c1O. The third-order valence-corrected chi connectivity index (χ3v) is 7.88. The number of fused-ring (bicyclic) bond motifs is 1. The van der Waals surface area contributed by atoms with Gasteiger partial charge in [0.15, 0.2) is 5.78 Å². The average molecular weight is 535 g/mol. The van der Waals surface area contributed by atoms with Crippen LogP contribution in [0, 0.1) is 12.8 Å². The smallest absolute Gasteiger partial charge is 0.335 e. The fourth-order valence-electron chi connectivity index (χ4n) is 5.84. The molecule has 1 aliphatic carbocycles. The quantitative estimate of drug-likeness (QED) is 0.203. The third kappa shape index (κ3) is 4.80. The number of ketones is 1. The summed E-state index contributed by atoms with van der Waals surface area (Å²) in [7, 11) is 0. The minimum absolute atomic E-state index is 0.0356. The predicted molar refractivity (Wildman–Crippen MR) is 134 cm³/mol. The molecule has 2 aromatic rings. The van der Waals surface area contributed by atoms with Crippen LogP contribution in [0.2, 0.25) is 0 Å². The molecule has 38 heavy (non-hydrogen) atoms. The number of carbonyl (C=O) groups is 2. The Bertz CT molecular complexity index is 1230. The molecule has 1 saturated carbocycles. The summed E-state index contributed by atoms with van der Waals surface area (Å²) in [5.41, 5.74) is -2.48. The first-order valence-electron chi connectivity index (χ1n) is 12.7. The lowest BCUT2D eigenvalue weighted by atomic mass is 9.74. The van der Waals surface area contributed by atoms with Gasteiger partial charge < -0.3 is 45.2 Å². The molecule has 0 spiro atoms. The number of hydrogen-bond acceptors (Lipinski definition) is 10. The zero-order valence-electron chi connectivity index (χ0n) is 21.3. The Hall–Kier alpha value is -2.96. The fraction of sp³-hybridized carbons (Fsp3) is 0.556. The largest absolute Gasteiger partial charge is 0.507 e. The van der Waals surface area contributed by atoms with Gasteiger partial charge in [0, 0.05) is 10.9 Å². The molecular weight excluding hydrogens is 500 g/mol. The van der Waals surface area contributed by atoms with Crippen LogP contribution in [0.1, 0.15) is 71.7 Å². The van der Waals surface area contributed by atoms with E-state index in [0.717, 1.165) is 44.2 Å². The summed E-state index contributed by atoms with van der Waals surface area (Å²) in [5.74, 6) is -3.27. The first-order valence-corrected chi connectivity index (χ1v) is 12.7. The van der Waals surface area contributed by atoms with E-state index >= 15 is 0 Å². The number of Topliss-reactive ketones (excluding diaryl/α,β-unsaturated/α-hetero) is 1. The van der Waals surface area contributed by atoms with E-state index in [9.17, 15) is 45.3 Å². The van der Waals surface area contributed by atoms with Gasteiger partial charge in [0.1, 0.15) is 41.2 Å². The lowest BCUT2D eigenvalue weighted by Gasteiger charge is -2.49. The van der Waals surface area contributed by atoms with E-state index in [1.54, 1.807) is 0 Å². The molecule has 4 rings (SSSR count). The van der Waals surface area contributed by atoms with Crippen LogP contribution in [-0.4, -0.2) is 84.3 Å². The van der Waals surface area contributed by atoms with Crippen molar-refractivity contribution in [3.63, 3.8) is 0 Å². The maximum Gasteiger partial charge on any atom is 0.335 e.